The summed E-state index contributed by atoms with van der Waals surface area (Å²) in [6.07, 6.45) is 0.589. The first kappa shape index (κ1) is 34.1. The number of halogens is 1. The van der Waals surface area contributed by atoms with Gasteiger partial charge in [0, 0.05) is 67.8 Å². The monoisotopic (exact) mass is 684 g/mol. The third kappa shape index (κ3) is 7.05. The van der Waals surface area contributed by atoms with E-state index in [9.17, 15) is 19.6 Å². The van der Waals surface area contributed by atoms with Gasteiger partial charge in [-0.25, -0.2) is 0 Å². The van der Waals surface area contributed by atoms with Gasteiger partial charge in [-0.05, 0) is 42.3 Å². The summed E-state index contributed by atoms with van der Waals surface area (Å²) in [7, 11) is 0. The molecule has 13 heteroatoms. The molecule has 1 unspecified atom stereocenters. The average Bonchev–Trinajstić information content (AvgIpc) is 3.08. The molecule has 3 N–H and O–H groups in total. The van der Waals surface area contributed by atoms with E-state index in [-0.39, 0.29) is 35.6 Å². The van der Waals surface area contributed by atoms with Crippen molar-refractivity contribution in [3.8, 4) is 11.8 Å². The van der Waals surface area contributed by atoms with Gasteiger partial charge in [0.1, 0.15) is 24.0 Å². The largest absolute Gasteiger partial charge is 0.489 e. The van der Waals surface area contributed by atoms with Gasteiger partial charge in [0.15, 0.2) is 11.5 Å². The first-order chi connectivity index (χ1) is 23.4. The summed E-state index contributed by atoms with van der Waals surface area (Å²) >= 11 is 6.22. The maximum atomic E-state index is 13.3. The zero-order valence-corrected chi connectivity index (χ0v) is 28.9. The zero-order valence-electron chi connectivity index (χ0n) is 28.1. The lowest BCUT2D eigenvalue weighted by Crippen LogP contribution is -2.74. The molecule has 3 aliphatic rings. The molecule has 3 heterocycles. The standard InChI is InChI=1S/C36H41ClN8O4/c1-35(2)33(36(3,4)34(35)49-24-10-9-22(20-38)25(37)19-24)41-32(48)28-11-13-29(43-42-28)45-17-15-44(16-18-45)21-23-7-5-6-8-26(23)39-27-12-14-30(46)40-31(27)47/h5-11,13,19,27,33-34,39H,12,14-18,21H2,1-4H3,(H,41,48)(H,40,46,47). The number of nitrogens with one attached hydrogen (secondary N) is 3. The van der Waals surface area contributed by atoms with Crippen LogP contribution >= 0.6 is 11.6 Å². The fourth-order valence-corrected chi connectivity index (χ4v) is 7.82. The first-order valence-corrected chi connectivity index (χ1v) is 16.9. The van der Waals surface area contributed by atoms with Gasteiger partial charge >= 0.3 is 0 Å². The quantitative estimate of drug-likeness (QED) is 0.280. The van der Waals surface area contributed by atoms with Crippen LogP contribution in [0.5, 0.6) is 5.75 Å². The van der Waals surface area contributed by atoms with Crippen molar-refractivity contribution >= 4 is 40.8 Å². The molecule has 2 aromatic carbocycles. The maximum Gasteiger partial charge on any atom is 0.272 e. The number of nitrogens with zero attached hydrogens (tertiary/aromatic N) is 5. The van der Waals surface area contributed by atoms with Crippen molar-refractivity contribution in [1.82, 2.24) is 25.7 Å². The predicted octanol–water partition coefficient (Wildman–Crippen LogP) is 4.15. The Labute approximate surface area is 291 Å². The number of piperazine rings is 1. The molecule has 2 aliphatic heterocycles. The van der Waals surface area contributed by atoms with Crippen molar-refractivity contribution < 1.29 is 19.1 Å². The number of para-hydroxylation sites is 1. The topological polar surface area (TPSA) is 153 Å². The Morgan fingerprint density at radius 3 is 2.43 bits per heavy atom. The van der Waals surface area contributed by atoms with Gasteiger partial charge < -0.3 is 20.3 Å². The van der Waals surface area contributed by atoms with Crippen LogP contribution in [0.2, 0.25) is 5.02 Å². The van der Waals surface area contributed by atoms with E-state index in [0.717, 1.165) is 49.8 Å². The van der Waals surface area contributed by atoms with Crippen molar-refractivity contribution in [3.05, 3.63) is 76.4 Å². The minimum atomic E-state index is -0.433. The van der Waals surface area contributed by atoms with E-state index in [1.165, 1.54) is 0 Å². The summed E-state index contributed by atoms with van der Waals surface area (Å²) in [5.41, 5.74) is 1.83. The Bertz CT molecular complexity index is 1770. The fraction of sp³-hybridized carbons (Fsp3) is 0.444. The van der Waals surface area contributed by atoms with Crippen LogP contribution in [0, 0.1) is 22.2 Å². The molecule has 3 fully saturated rings. The van der Waals surface area contributed by atoms with Gasteiger partial charge in [0.05, 0.1) is 10.6 Å². The van der Waals surface area contributed by atoms with Gasteiger partial charge in [0.25, 0.3) is 5.91 Å². The molecule has 6 rings (SSSR count). The summed E-state index contributed by atoms with van der Waals surface area (Å²) < 4.78 is 6.34. The van der Waals surface area contributed by atoms with Crippen LogP contribution in [0.1, 0.15) is 62.2 Å². The van der Waals surface area contributed by atoms with Gasteiger partial charge in [-0.3, -0.25) is 24.6 Å². The van der Waals surface area contributed by atoms with Crippen LogP contribution in [-0.2, 0) is 16.1 Å². The van der Waals surface area contributed by atoms with E-state index in [2.05, 4.69) is 75.8 Å². The number of rotatable bonds is 9. The second-order valence-electron chi connectivity index (χ2n) is 14.1. The number of ether oxygens (including phenoxy) is 1. The molecule has 256 valence electrons. The highest BCUT2D eigenvalue weighted by Gasteiger charge is 2.64. The third-order valence-electron chi connectivity index (χ3n) is 9.99. The number of hydrogen-bond acceptors (Lipinski definition) is 10. The summed E-state index contributed by atoms with van der Waals surface area (Å²) in [5.74, 6) is 0.487. The van der Waals surface area contributed by atoms with E-state index in [1.807, 2.05) is 24.3 Å². The number of aromatic nitrogens is 2. The Morgan fingerprint density at radius 2 is 1.78 bits per heavy atom. The number of carbonyl (C=O) groups excluding carboxylic acids is 3. The van der Waals surface area contributed by atoms with Gasteiger partial charge in [0.2, 0.25) is 11.8 Å². The Hall–Kier alpha value is -4.73. The predicted molar refractivity (Wildman–Crippen MR) is 185 cm³/mol. The molecule has 49 heavy (non-hydrogen) atoms. The minimum Gasteiger partial charge on any atom is -0.489 e. The molecule has 1 saturated carbocycles. The number of benzene rings is 2. The molecule has 1 aromatic heterocycles. The molecular weight excluding hydrogens is 644 g/mol. The van der Waals surface area contributed by atoms with E-state index in [4.69, 9.17) is 16.3 Å². The number of nitriles is 1. The minimum absolute atomic E-state index is 0.190. The van der Waals surface area contributed by atoms with E-state index < -0.39 is 16.9 Å². The average molecular weight is 685 g/mol. The summed E-state index contributed by atoms with van der Waals surface area (Å²) in [6.45, 7) is 12.1. The summed E-state index contributed by atoms with van der Waals surface area (Å²) in [6, 6.07) is 18.0. The highest BCUT2D eigenvalue weighted by molar-refractivity contribution is 6.31. The van der Waals surface area contributed by atoms with Crippen molar-refractivity contribution in [2.75, 3.05) is 36.4 Å². The summed E-state index contributed by atoms with van der Waals surface area (Å²) in [5, 5.41) is 27.1. The summed E-state index contributed by atoms with van der Waals surface area (Å²) in [4.78, 5) is 41.7. The fourth-order valence-electron chi connectivity index (χ4n) is 7.61. The Kier molecular flexibility index (Phi) is 9.51. The maximum absolute atomic E-state index is 13.3. The molecule has 1 atom stereocenters. The smallest absolute Gasteiger partial charge is 0.272 e. The number of amides is 3. The zero-order chi connectivity index (χ0) is 34.9. The molecule has 2 saturated heterocycles. The number of anilines is 2. The molecule has 1 aliphatic carbocycles. The van der Waals surface area contributed by atoms with Gasteiger partial charge in [-0.1, -0.05) is 57.5 Å². The van der Waals surface area contributed by atoms with Crippen molar-refractivity contribution in [3.63, 3.8) is 0 Å². The Balaban J connectivity index is 1.01. The van der Waals surface area contributed by atoms with Gasteiger partial charge in [-0.15, -0.1) is 10.2 Å². The molecule has 0 spiro atoms. The third-order valence-corrected chi connectivity index (χ3v) is 10.3. The van der Waals surface area contributed by atoms with Crippen LogP contribution < -0.4 is 25.6 Å². The van der Waals surface area contributed by atoms with E-state index in [0.29, 0.717) is 29.2 Å². The highest BCUT2D eigenvalue weighted by Crippen LogP contribution is 2.55. The number of imide groups is 1. The van der Waals surface area contributed by atoms with Crippen molar-refractivity contribution in [2.24, 2.45) is 10.8 Å². The molecule has 0 radical (unpaired) electrons. The lowest BCUT2D eigenvalue weighted by atomic mass is 9.49. The lowest BCUT2D eigenvalue weighted by Gasteiger charge is -2.63. The molecule has 3 aromatic rings. The molecular formula is C36H41ClN8O4. The van der Waals surface area contributed by atoms with E-state index >= 15 is 0 Å². The normalized spacial score (nSPS) is 23.1. The second-order valence-corrected chi connectivity index (χ2v) is 14.6. The SMILES string of the molecule is CC1(C)C(NC(=O)c2ccc(N3CCN(Cc4ccccc4NC4CCC(=O)NC4=O)CC3)nn2)C(C)(C)C1Oc1ccc(C#N)c(Cl)c1. The number of hydrogen-bond donors (Lipinski definition) is 3. The Morgan fingerprint density at radius 1 is 1.04 bits per heavy atom. The number of carbonyl (C=O) groups is 3. The van der Waals surface area contributed by atoms with E-state index in [1.54, 1.807) is 24.3 Å². The second kappa shape index (κ2) is 13.6. The van der Waals surface area contributed by atoms with Gasteiger partial charge in [-0.2, -0.15) is 5.26 Å². The van der Waals surface area contributed by atoms with Crippen LogP contribution in [0.15, 0.2) is 54.6 Å². The van der Waals surface area contributed by atoms with Crippen LogP contribution in [0.25, 0.3) is 0 Å². The van der Waals surface area contributed by atoms with Crippen molar-refractivity contribution in [2.45, 2.75) is 65.3 Å². The van der Waals surface area contributed by atoms with Crippen molar-refractivity contribution in [1.29, 1.82) is 5.26 Å². The molecule has 0 bridgehead atoms. The van der Waals surface area contributed by atoms with Crippen LogP contribution in [0.4, 0.5) is 11.5 Å². The first-order valence-electron chi connectivity index (χ1n) is 16.5. The van der Waals surface area contributed by atoms with Crippen LogP contribution in [0.3, 0.4) is 0 Å². The molecule has 3 amide bonds. The molecule has 12 nitrogen and oxygen atoms in total. The lowest BCUT2D eigenvalue weighted by molar-refractivity contribution is -0.164. The van der Waals surface area contributed by atoms with Crippen LogP contribution in [-0.4, -0.2) is 77.2 Å². The highest BCUT2D eigenvalue weighted by atomic mass is 35.5. The number of piperidine rings is 1.